The molecule has 90 valence electrons. The van der Waals surface area contributed by atoms with Gasteiger partial charge in [-0.1, -0.05) is 37.5 Å². The van der Waals surface area contributed by atoms with Crippen molar-refractivity contribution >= 4 is 9.84 Å². The summed E-state index contributed by atoms with van der Waals surface area (Å²) in [5, 5.41) is -0.282. The number of benzene rings is 1. The lowest BCUT2D eigenvalue weighted by Gasteiger charge is -2.12. The summed E-state index contributed by atoms with van der Waals surface area (Å²) in [5.41, 5.74) is 1.08. The molecule has 0 aromatic heterocycles. The van der Waals surface area contributed by atoms with Crippen LogP contribution in [0.5, 0.6) is 0 Å². The molecule has 16 heavy (non-hydrogen) atoms. The molecule has 0 aliphatic rings. The van der Waals surface area contributed by atoms with Crippen LogP contribution in [0.25, 0.3) is 0 Å². The van der Waals surface area contributed by atoms with E-state index < -0.39 is 9.84 Å². The standard InChI is InChI=1S/C13H20O2S/c1-4-5-6-12(3)16(14,15)13-9-7-11(2)8-10-13/h7-10,12H,4-6H2,1-3H3. The zero-order valence-corrected chi connectivity index (χ0v) is 11.0. The van der Waals surface area contributed by atoms with Gasteiger partial charge in [0.15, 0.2) is 9.84 Å². The molecule has 0 saturated heterocycles. The normalized spacial score (nSPS) is 13.7. The van der Waals surface area contributed by atoms with E-state index in [1.165, 1.54) is 0 Å². The Morgan fingerprint density at radius 1 is 1.19 bits per heavy atom. The summed E-state index contributed by atoms with van der Waals surface area (Å²) in [4.78, 5) is 0.446. The Balaban J connectivity index is 2.89. The van der Waals surface area contributed by atoms with Gasteiger partial charge in [0, 0.05) is 0 Å². The molecule has 0 N–H and O–H groups in total. The number of aryl methyl sites for hydroxylation is 1. The highest BCUT2D eigenvalue weighted by Gasteiger charge is 2.22. The molecule has 1 aromatic rings. The first-order valence-corrected chi connectivity index (χ1v) is 7.33. The molecular weight excluding hydrogens is 220 g/mol. The van der Waals surface area contributed by atoms with Gasteiger partial charge in [-0.05, 0) is 32.4 Å². The van der Waals surface area contributed by atoms with Crippen LogP contribution in [0.15, 0.2) is 29.2 Å². The minimum absolute atomic E-state index is 0.282. The van der Waals surface area contributed by atoms with E-state index in [-0.39, 0.29) is 5.25 Å². The Labute approximate surface area is 98.6 Å². The van der Waals surface area contributed by atoms with E-state index in [9.17, 15) is 8.42 Å². The van der Waals surface area contributed by atoms with Crippen LogP contribution in [0, 0.1) is 6.92 Å². The summed E-state index contributed by atoms with van der Waals surface area (Å²) in [5.74, 6) is 0. The molecule has 3 heteroatoms. The average molecular weight is 240 g/mol. The monoisotopic (exact) mass is 240 g/mol. The Morgan fingerprint density at radius 2 is 1.75 bits per heavy atom. The van der Waals surface area contributed by atoms with Gasteiger partial charge in [0.05, 0.1) is 10.1 Å². The molecule has 0 amide bonds. The van der Waals surface area contributed by atoms with E-state index in [1.54, 1.807) is 19.1 Å². The Bertz CT molecular complexity index is 418. The van der Waals surface area contributed by atoms with E-state index in [2.05, 4.69) is 6.92 Å². The number of rotatable bonds is 5. The largest absolute Gasteiger partial charge is 0.223 e. The fraction of sp³-hybridized carbons (Fsp3) is 0.538. The third kappa shape index (κ3) is 3.08. The Kier molecular flexibility index (Phi) is 4.54. The quantitative estimate of drug-likeness (QED) is 0.791. The molecule has 0 aliphatic heterocycles. The van der Waals surface area contributed by atoms with Crippen molar-refractivity contribution in [3.63, 3.8) is 0 Å². The topological polar surface area (TPSA) is 34.1 Å². The molecule has 1 atom stereocenters. The molecule has 0 fully saturated rings. The molecule has 0 radical (unpaired) electrons. The van der Waals surface area contributed by atoms with Crippen molar-refractivity contribution in [3.8, 4) is 0 Å². The maximum absolute atomic E-state index is 12.1. The van der Waals surface area contributed by atoms with E-state index >= 15 is 0 Å². The highest BCUT2D eigenvalue weighted by atomic mass is 32.2. The number of unbranched alkanes of at least 4 members (excludes halogenated alkanes) is 1. The Hall–Kier alpha value is -0.830. The zero-order valence-electron chi connectivity index (χ0n) is 10.2. The summed E-state index contributed by atoms with van der Waals surface area (Å²) in [6, 6.07) is 7.10. The van der Waals surface area contributed by atoms with Gasteiger partial charge in [-0.3, -0.25) is 0 Å². The smallest absolute Gasteiger partial charge is 0.180 e. The molecule has 0 aliphatic carbocycles. The summed E-state index contributed by atoms with van der Waals surface area (Å²) < 4.78 is 24.3. The molecule has 0 spiro atoms. The molecule has 0 saturated carbocycles. The van der Waals surface area contributed by atoms with Gasteiger partial charge < -0.3 is 0 Å². The lowest BCUT2D eigenvalue weighted by molar-refractivity contribution is 0.571. The lowest BCUT2D eigenvalue weighted by atomic mass is 10.2. The van der Waals surface area contributed by atoms with Crippen LogP contribution in [-0.2, 0) is 9.84 Å². The molecule has 0 heterocycles. The van der Waals surface area contributed by atoms with Gasteiger partial charge in [0.2, 0.25) is 0 Å². The molecule has 1 rings (SSSR count). The van der Waals surface area contributed by atoms with Gasteiger partial charge in [-0.2, -0.15) is 0 Å². The predicted octanol–water partition coefficient (Wildman–Crippen LogP) is 3.35. The summed E-state index contributed by atoms with van der Waals surface area (Å²) in [7, 11) is -3.13. The Morgan fingerprint density at radius 3 is 2.25 bits per heavy atom. The number of hydrogen-bond acceptors (Lipinski definition) is 2. The van der Waals surface area contributed by atoms with Crippen molar-refractivity contribution in [1.29, 1.82) is 0 Å². The second kappa shape index (κ2) is 5.48. The van der Waals surface area contributed by atoms with Crippen LogP contribution in [0.2, 0.25) is 0 Å². The summed E-state index contributed by atoms with van der Waals surface area (Å²) in [6.45, 7) is 5.83. The first-order valence-electron chi connectivity index (χ1n) is 5.79. The van der Waals surface area contributed by atoms with Crippen LogP contribution < -0.4 is 0 Å². The van der Waals surface area contributed by atoms with Crippen LogP contribution >= 0.6 is 0 Å². The summed E-state index contributed by atoms with van der Waals surface area (Å²) >= 11 is 0. The van der Waals surface area contributed by atoms with E-state index in [4.69, 9.17) is 0 Å². The van der Waals surface area contributed by atoms with Crippen LogP contribution in [0.1, 0.15) is 38.7 Å². The van der Waals surface area contributed by atoms with Crippen molar-refractivity contribution in [2.45, 2.75) is 50.2 Å². The van der Waals surface area contributed by atoms with Gasteiger partial charge in [0.1, 0.15) is 0 Å². The van der Waals surface area contributed by atoms with Gasteiger partial charge in [0.25, 0.3) is 0 Å². The van der Waals surface area contributed by atoms with Crippen molar-refractivity contribution < 1.29 is 8.42 Å². The number of sulfone groups is 1. The third-order valence-corrected chi connectivity index (χ3v) is 5.07. The fourth-order valence-electron chi connectivity index (χ4n) is 1.61. The van der Waals surface area contributed by atoms with Crippen molar-refractivity contribution in [3.05, 3.63) is 29.8 Å². The summed E-state index contributed by atoms with van der Waals surface area (Å²) in [6.07, 6.45) is 2.74. The molecule has 1 aromatic carbocycles. The zero-order chi connectivity index (χ0) is 12.2. The van der Waals surface area contributed by atoms with Crippen molar-refractivity contribution in [1.82, 2.24) is 0 Å². The van der Waals surface area contributed by atoms with Gasteiger partial charge in [-0.25, -0.2) is 8.42 Å². The molecule has 1 unspecified atom stereocenters. The van der Waals surface area contributed by atoms with E-state index in [0.717, 1.165) is 24.8 Å². The van der Waals surface area contributed by atoms with Gasteiger partial charge in [-0.15, -0.1) is 0 Å². The first-order chi connectivity index (χ1) is 7.48. The minimum Gasteiger partial charge on any atom is -0.223 e. The third-order valence-electron chi connectivity index (χ3n) is 2.84. The van der Waals surface area contributed by atoms with Crippen LogP contribution in [-0.4, -0.2) is 13.7 Å². The molecule has 0 bridgehead atoms. The van der Waals surface area contributed by atoms with Crippen LogP contribution in [0.4, 0.5) is 0 Å². The number of hydrogen-bond donors (Lipinski definition) is 0. The second-order valence-electron chi connectivity index (χ2n) is 4.31. The highest BCUT2D eigenvalue weighted by molar-refractivity contribution is 7.92. The average Bonchev–Trinajstić information content (AvgIpc) is 2.26. The van der Waals surface area contributed by atoms with Crippen molar-refractivity contribution in [2.24, 2.45) is 0 Å². The fourth-order valence-corrected chi connectivity index (χ4v) is 3.06. The molecule has 2 nitrogen and oxygen atoms in total. The van der Waals surface area contributed by atoms with E-state index in [1.807, 2.05) is 19.1 Å². The minimum atomic E-state index is -3.13. The van der Waals surface area contributed by atoms with Gasteiger partial charge >= 0.3 is 0 Å². The maximum Gasteiger partial charge on any atom is 0.180 e. The second-order valence-corrected chi connectivity index (χ2v) is 6.68. The van der Waals surface area contributed by atoms with E-state index in [0.29, 0.717) is 4.90 Å². The first kappa shape index (κ1) is 13.2. The molecular formula is C13H20O2S. The predicted molar refractivity (Wildman–Crippen MR) is 67.4 cm³/mol. The lowest BCUT2D eigenvalue weighted by Crippen LogP contribution is -2.17. The highest BCUT2D eigenvalue weighted by Crippen LogP contribution is 2.20. The maximum atomic E-state index is 12.1. The SMILES string of the molecule is CCCCC(C)S(=O)(=O)c1ccc(C)cc1. The van der Waals surface area contributed by atoms with Crippen LogP contribution in [0.3, 0.4) is 0 Å². The van der Waals surface area contributed by atoms with Crippen molar-refractivity contribution in [2.75, 3.05) is 0 Å².